The monoisotopic (exact) mass is 213 g/mol. The average molecular weight is 213 g/mol. The molecule has 0 amide bonds. The molecule has 3 aromatic rings. The van der Waals surface area contributed by atoms with Crippen molar-refractivity contribution in [1.82, 2.24) is 9.72 Å². The Morgan fingerprint density at radius 2 is 2.25 bits per heavy atom. The maximum Gasteiger partial charge on any atom is 0.128 e. The lowest BCUT2D eigenvalue weighted by atomic mass is 10.2. The van der Waals surface area contributed by atoms with Gasteiger partial charge in [0.2, 0.25) is 0 Å². The first-order valence-corrected chi connectivity index (χ1v) is 5.05. The van der Waals surface area contributed by atoms with Crippen LogP contribution < -0.4 is 5.73 Å². The minimum absolute atomic E-state index is 0.761. The van der Waals surface area contributed by atoms with Gasteiger partial charge in [0.25, 0.3) is 0 Å². The molecule has 4 nitrogen and oxygen atoms in total. The molecule has 0 fully saturated rings. The van der Waals surface area contributed by atoms with Crippen LogP contribution >= 0.6 is 0 Å². The van der Waals surface area contributed by atoms with Crippen molar-refractivity contribution in [2.75, 3.05) is 5.73 Å². The van der Waals surface area contributed by atoms with E-state index < -0.39 is 0 Å². The van der Waals surface area contributed by atoms with E-state index in [2.05, 4.69) is 15.8 Å². The Bertz CT molecular complexity index is 610. The van der Waals surface area contributed by atoms with Gasteiger partial charge in [0, 0.05) is 28.4 Å². The van der Waals surface area contributed by atoms with E-state index >= 15 is 0 Å². The molecular formula is C12H11N3O. The number of nitrogens with two attached hydrogens (primary N) is 1. The van der Waals surface area contributed by atoms with Crippen molar-refractivity contribution in [3.8, 4) is 0 Å². The van der Waals surface area contributed by atoms with E-state index in [1.165, 1.54) is 0 Å². The summed E-state index contributed by atoms with van der Waals surface area (Å²) in [5.74, 6) is 0. The Balaban J connectivity index is 2.04. The molecule has 0 aliphatic heterocycles. The van der Waals surface area contributed by atoms with Gasteiger partial charge in [0.1, 0.15) is 6.26 Å². The molecule has 1 aromatic carbocycles. The lowest BCUT2D eigenvalue weighted by Crippen LogP contribution is -1.96. The summed E-state index contributed by atoms with van der Waals surface area (Å²) in [6.07, 6.45) is 5.42. The molecule has 16 heavy (non-hydrogen) atoms. The number of nitrogens with zero attached hydrogens (tertiary/aromatic N) is 2. The van der Waals surface area contributed by atoms with Crippen molar-refractivity contribution in [3.63, 3.8) is 0 Å². The lowest BCUT2D eigenvalue weighted by Gasteiger charge is -2.02. The van der Waals surface area contributed by atoms with Gasteiger partial charge >= 0.3 is 0 Å². The molecule has 2 N–H and O–H groups in total. The molecule has 0 saturated carbocycles. The Hall–Kier alpha value is -2.23. The molecule has 80 valence electrons. The standard InChI is InChI=1S/C12H11N3O/c13-11-1-2-12-10(5-11)3-4-15(12)7-9-6-14-16-8-9/h1-6,8H,7,13H2. The number of hydrogen-bond donors (Lipinski definition) is 1. The second kappa shape index (κ2) is 3.41. The summed E-state index contributed by atoms with van der Waals surface area (Å²) >= 11 is 0. The van der Waals surface area contributed by atoms with E-state index in [9.17, 15) is 0 Å². The van der Waals surface area contributed by atoms with Gasteiger partial charge in [-0.05, 0) is 24.3 Å². The number of aromatic nitrogens is 2. The van der Waals surface area contributed by atoms with Crippen LogP contribution in [-0.4, -0.2) is 9.72 Å². The van der Waals surface area contributed by atoms with Crippen molar-refractivity contribution >= 4 is 16.6 Å². The van der Waals surface area contributed by atoms with Gasteiger partial charge in [-0.1, -0.05) is 5.16 Å². The van der Waals surface area contributed by atoms with Gasteiger partial charge in [-0.15, -0.1) is 0 Å². The first-order valence-electron chi connectivity index (χ1n) is 5.05. The maximum atomic E-state index is 5.73. The van der Waals surface area contributed by atoms with Crippen LogP contribution in [0.4, 0.5) is 5.69 Å². The van der Waals surface area contributed by atoms with E-state index in [4.69, 9.17) is 10.3 Å². The number of hydrogen-bond acceptors (Lipinski definition) is 3. The zero-order valence-corrected chi connectivity index (χ0v) is 8.63. The number of rotatable bonds is 2. The van der Waals surface area contributed by atoms with Crippen LogP contribution in [-0.2, 0) is 6.54 Å². The van der Waals surface area contributed by atoms with E-state index in [1.807, 2.05) is 24.4 Å². The van der Waals surface area contributed by atoms with Crippen molar-refractivity contribution in [1.29, 1.82) is 0 Å². The van der Waals surface area contributed by atoms with Crippen molar-refractivity contribution in [2.45, 2.75) is 6.54 Å². The molecule has 3 rings (SSSR count). The molecule has 0 aliphatic rings. The normalized spacial score (nSPS) is 11.0. The third kappa shape index (κ3) is 1.44. The molecule has 0 aliphatic carbocycles. The van der Waals surface area contributed by atoms with Crippen molar-refractivity contribution in [2.24, 2.45) is 0 Å². The summed E-state index contributed by atoms with van der Waals surface area (Å²) in [7, 11) is 0. The summed E-state index contributed by atoms with van der Waals surface area (Å²) in [5.41, 5.74) is 8.73. The minimum atomic E-state index is 0.761. The quantitative estimate of drug-likeness (QED) is 0.664. The summed E-state index contributed by atoms with van der Waals surface area (Å²) in [6, 6.07) is 7.96. The van der Waals surface area contributed by atoms with Crippen molar-refractivity contribution < 1.29 is 4.52 Å². The highest BCUT2D eigenvalue weighted by atomic mass is 16.5. The van der Waals surface area contributed by atoms with Crippen LogP contribution in [0.25, 0.3) is 10.9 Å². The van der Waals surface area contributed by atoms with Gasteiger partial charge in [-0.2, -0.15) is 0 Å². The fourth-order valence-electron chi connectivity index (χ4n) is 1.86. The Morgan fingerprint density at radius 1 is 1.31 bits per heavy atom. The second-order valence-electron chi connectivity index (χ2n) is 3.79. The predicted octanol–water partition coefficient (Wildman–Crippen LogP) is 2.26. The SMILES string of the molecule is Nc1ccc2c(ccn2Cc2cnoc2)c1. The Kier molecular flexibility index (Phi) is 1.93. The van der Waals surface area contributed by atoms with Crippen LogP contribution in [0.1, 0.15) is 5.56 Å². The first kappa shape index (κ1) is 9.03. The molecule has 0 atom stereocenters. The topological polar surface area (TPSA) is 57.0 Å². The molecule has 0 saturated heterocycles. The molecule has 0 radical (unpaired) electrons. The first-order chi connectivity index (χ1) is 7.83. The summed E-state index contributed by atoms with van der Waals surface area (Å²) in [5, 5.41) is 4.84. The largest absolute Gasteiger partial charge is 0.399 e. The fraction of sp³-hybridized carbons (Fsp3) is 0.0833. The highest BCUT2D eigenvalue weighted by molar-refractivity contribution is 5.83. The Labute approximate surface area is 92.3 Å². The van der Waals surface area contributed by atoms with Gasteiger partial charge in [-0.3, -0.25) is 0 Å². The molecular weight excluding hydrogens is 202 g/mol. The van der Waals surface area contributed by atoms with Crippen LogP contribution in [0.15, 0.2) is 47.4 Å². The second-order valence-corrected chi connectivity index (χ2v) is 3.79. The Morgan fingerprint density at radius 3 is 3.06 bits per heavy atom. The van der Waals surface area contributed by atoms with E-state index in [0.29, 0.717) is 0 Å². The van der Waals surface area contributed by atoms with Crippen molar-refractivity contribution in [3.05, 3.63) is 48.5 Å². The number of benzene rings is 1. The molecule has 0 unspecified atom stereocenters. The smallest absolute Gasteiger partial charge is 0.128 e. The third-order valence-electron chi connectivity index (χ3n) is 2.63. The van der Waals surface area contributed by atoms with Crippen LogP contribution in [0, 0.1) is 0 Å². The van der Waals surface area contributed by atoms with Crippen LogP contribution in [0.3, 0.4) is 0 Å². The van der Waals surface area contributed by atoms with E-state index in [-0.39, 0.29) is 0 Å². The third-order valence-corrected chi connectivity index (χ3v) is 2.63. The molecule has 0 spiro atoms. The average Bonchev–Trinajstić information content (AvgIpc) is 2.89. The summed E-state index contributed by atoms with van der Waals surface area (Å²) < 4.78 is 6.95. The maximum absolute atomic E-state index is 5.73. The van der Waals surface area contributed by atoms with Crippen LogP contribution in [0.5, 0.6) is 0 Å². The zero-order valence-electron chi connectivity index (χ0n) is 8.63. The number of anilines is 1. The van der Waals surface area contributed by atoms with Crippen LogP contribution in [0.2, 0.25) is 0 Å². The van der Waals surface area contributed by atoms with Gasteiger partial charge < -0.3 is 14.8 Å². The fourth-order valence-corrected chi connectivity index (χ4v) is 1.86. The van der Waals surface area contributed by atoms with Gasteiger partial charge in [0.05, 0.1) is 12.7 Å². The molecule has 0 bridgehead atoms. The number of nitrogen functional groups attached to an aromatic ring is 1. The summed E-state index contributed by atoms with van der Waals surface area (Å²) in [6.45, 7) is 0.761. The molecule has 4 heteroatoms. The minimum Gasteiger partial charge on any atom is -0.399 e. The highest BCUT2D eigenvalue weighted by Gasteiger charge is 2.03. The summed E-state index contributed by atoms with van der Waals surface area (Å²) in [4.78, 5) is 0. The molecule has 2 aromatic heterocycles. The zero-order chi connectivity index (χ0) is 11.0. The highest BCUT2D eigenvalue weighted by Crippen LogP contribution is 2.19. The van der Waals surface area contributed by atoms with E-state index in [0.717, 1.165) is 28.7 Å². The molecule has 2 heterocycles. The van der Waals surface area contributed by atoms with Gasteiger partial charge in [-0.25, -0.2) is 0 Å². The number of fused-ring (bicyclic) bond motifs is 1. The predicted molar refractivity (Wildman–Crippen MR) is 62.0 cm³/mol. The van der Waals surface area contributed by atoms with E-state index in [1.54, 1.807) is 12.5 Å². The lowest BCUT2D eigenvalue weighted by molar-refractivity contribution is 0.418. The van der Waals surface area contributed by atoms with Gasteiger partial charge in [0.15, 0.2) is 0 Å².